The van der Waals surface area contributed by atoms with Crippen molar-refractivity contribution in [2.75, 3.05) is 5.43 Å². The third kappa shape index (κ3) is 3.29. The molecule has 2 rings (SSSR count). The lowest BCUT2D eigenvalue weighted by atomic mass is 10.1. The molecule has 0 fully saturated rings. The van der Waals surface area contributed by atoms with Crippen LogP contribution in [0.15, 0.2) is 42.7 Å². The largest absolute Gasteiger partial charge is 0.348 e. The number of carbonyl (C=O) groups is 1. The number of aromatic nitrogens is 1. The van der Waals surface area contributed by atoms with Crippen molar-refractivity contribution in [1.29, 1.82) is 0 Å². The van der Waals surface area contributed by atoms with Crippen LogP contribution in [-0.4, -0.2) is 10.9 Å². The summed E-state index contributed by atoms with van der Waals surface area (Å²) in [7, 11) is 0. The second kappa shape index (κ2) is 5.97. The highest BCUT2D eigenvalue weighted by Gasteiger charge is 2.08. The Labute approximate surface area is 111 Å². The molecule has 1 heterocycles. The van der Waals surface area contributed by atoms with E-state index in [0.717, 1.165) is 16.8 Å². The monoisotopic (exact) mass is 256 g/mol. The predicted molar refractivity (Wildman–Crippen MR) is 74.4 cm³/mol. The summed E-state index contributed by atoms with van der Waals surface area (Å²) in [5, 5.41) is 2.86. The van der Waals surface area contributed by atoms with Gasteiger partial charge in [-0.3, -0.25) is 15.6 Å². The lowest BCUT2D eigenvalue weighted by molar-refractivity contribution is 0.0950. The molecule has 2 aromatic rings. The third-order valence-corrected chi connectivity index (χ3v) is 2.81. The van der Waals surface area contributed by atoms with E-state index in [2.05, 4.69) is 15.7 Å². The zero-order valence-corrected chi connectivity index (χ0v) is 10.7. The van der Waals surface area contributed by atoms with E-state index in [1.165, 1.54) is 0 Å². The maximum Gasteiger partial charge on any atom is 0.251 e. The number of rotatable bonds is 4. The van der Waals surface area contributed by atoms with Crippen molar-refractivity contribution in [3.63, 3.8) is 0 Å². The van der Waals surface area contributed by atoms with Crippen LogP contribution in [0.1, 0.15) is 21.5 Å². The van der Waals surface area contributed by atoms with Crippen molar-refractivity contribution >= 4 is 11.6 Å². The van der Waals surface area contributed by atoms with Crippen LogP contribution in [0.2, 0.25) is 0 Å². The molecule has 0 radical (unpaired) electrons. The van der Waals surface area contributed by atoms with Crippen LogP contribution in [0.5, 0.6) is 0 Å². The molecule has 1 aromatic carbocycles. The Balaban J connectivity index is 2.04. The van der Waals surface area contributed by atoms with E-state index in [4.69, 9.17) is 5.84 Å². The first-order valence-corrected chi connectivity index (χ1v) is 5.95. The van der Waals surface area contributed by atoms with Crippen molar-refractivity contribution in [2.45, 2.75) is 13.5 Å². The number of hydrazine groups is 1. The first-order valence-electron chi connectivity index (χ1n) is 5.95. The van der Waals surface area contributed by atoms with Crippen molar-refractivity contribution in [1.82, 2.24) is 10.3 Å². The number of hydrogen-bond acceptors (Lipinski definition) is 4. The van der Waals surface area contributed by atoms with Gasteiger partial charge in [-0.05, 0) is 42.3 Å². The maximum absolute atomic E-state index is 12.1. The summed E-state index contributed by atoms with van der Waals surface area (Å²) in [5.41, 5.74) is 5.81. The number of nitrogens with two attached hydrogens (primary N) is 1. The minimum Gasteiger partial charge on any atom is -0.348 e. The van der Waals surface area contributed by atoms with Gasteiger partial charge in [0.1, 0.15) is 0 Å². The number of benzene rings is 1. The number of aryl methyl sites for hydroxylation is 1. The fraction of sp³-hybridized carbons (Fsp3) is 0.143. The topological polar surface area (TPSA) is 80.0 Å². The Morgan fingerprint density at radius 3 is 2.84 bits per heavy atom. The average molecular weight is 256 g/mol. The summed E-state index contributed by atoms with van der Waals surface area (Å²) < 4.78 is 0. The van der Waals surface area contributed by atoms with Crippen LogP contribution in [0.4, 0.5) is 5.69 Å². The van der Waals surface area contributed by atoms with Gasteiger partial charge in [0.15, 0.2) is 0 Å². The number of hydrogen-bond donors (Lipinski definition) is 3. The van der Waals surface area contributed by atoms with Gasteiger partial charge in [-0.1, -0.05) is 6.07 Å². The Hall–Kier alpha value is -2.40. The van der Waals surface area contributed by atoms with E-state index in [-0.39, 0.29) is 5.91 Å². The molecule has 0 saturated carbocycles. The van der Waals surface area contributed by atoms with Gasteiger partial charge >= 0.3 is 0 Å². The van der Waals surface area contributed by atoms with E-state index < -0.39 is 0 Å². The molecule has 5 nitrogen and oxygen atoms in total. The first kappa shape index (κ1) is 13.0. The van der Waals surface area contributed by atoms with E-state index in [1.54, 1.807) is 24.5 Å². The van der Waals surface area contributed by atoms with Crippen molar-refractivity contribution in [2.24, 2.45) is 5.84 Å². The Bertz CT molecular complexity index is 569. The normalized spacial score (nSPS) is 10.0. The van der Waals surface area contributed by atoms with Crippen LogP contribution >= 0.6 is 0 Å². The van der Waals surface area contributed by atoms with Crippen LogP contribution in [0, 0.1) is 6.92 Å². The van der Waals surface area contributed by atoms with Gasteiger partial charge in [-0.15, -0.1) is 0 Å². The average Bonchev–Trinajstić information content (AvgIpc) is 2.45. The number of nitrogens with zero attached hydrogens (tertiary/aromatic N) is 1. The van der Waals surface area contributed by atoms with E-state index in [1.807, 2.05) is 25.1 Å². The van der Waals surface area contributed by atoms with E-state index >= 15 is 0 Å². The summed E-state index contributed by atoms with van der Waals surface area (Å²) in [6, 6.07) is 9.12. The van der Waals surface area contributed by atoms with Crippen LogP contribution < -0.4 is 16.6 Å². The summed E-state index contributed by atoms with van der Waals surface area (Å²) in [4.78, 5) is 16.1. The maximum atomic E-state index is 12.1. The Morgan fingerprint density at radius 1 is 1.37 bits per heavy atom. The molecule has 0 saturated heterocycles. The predicted octanol–water partition coefficient (Wildman–Crippen LogP) is 1.61. The van der Waals surface area contributed by atoms with E-state index in [0.29, 0.717) is 12.1 Å². The molecule has 19 heavy (non-hydrogen) atoms. The molecule has 0 bridgehead atoms. The van der Waals surface area contributed by atoms with Gasteiger partial charge in [-0.2, -0.15) is 0 Å². The molecule has 0 aliphatic heterocycles. The smallest absolute Gasteiger partial charge is 0.251 e. The standard InChI is InChI=1S/C14H16N4O/c1-10-7-12(18-15)4-5-13(10)14(19)17-9-11-3-2-6-16-8-11/h2-8,18H,9,15H2,1H3,(H,17,19). The third-order valence-electron chi connectivity index (χ3n) is 2.81. The van der Waals surface area contributed by atoms with E-state index in [9.17, 15) is 4.79 Å². The molecule has 0 atom stereocenters. The zero-order valence-electron chi connectivity index (χ0n) is 10.7. The molecule has 1 aromatic heterocycles. The van der Waals surface area contributed by atoms with Crippen LogP contribution in [0.3, 0.4) is 0 Å². The second-order valence-electron chi connectivity index (χ2n) is 4.22. The molecular weight excluding hydrogens is 240 g/mol. The zero-order chi connectivity index (χ0) is 13.7. The molecule has 0 spiro atoms. The fourth-order valence-corrected chi connectivity index (χ4v) is 1.79. The van der Waals surface area contributed by atoms with Crippen molar-refractivity contribution in [3.05, 3.63) is 59.4 Å². The SMILES string of the molecule is Cc1cc(NN)ccc1C(=O)NCc1cccnc1. The van der Waals surface area contributed by atoms with Crippen molar-refractivity contribution in [3.8, 4) is 0 Å². The lowest BCUT2D eigenvalue weighted by Gasteiger charge is -2.09. The van der Waals surface area contributed by atoms with Gasteiger partial charge in [0.25, 0.3) is 5.91 Å². The van der Waals surface area contributed by atoms with Gasteiger partial charge in [0.2, 0.25) is 0 Å². The minimum atomic E-state index is -0.107. The van der Waals surface area contributed by atoms with Gasteiger partial charge in [0.05, 0.1) is 0 Å². The second-order valence-corrected chi connectivity index (χ2v) is 4.22. The highest BCUT2D eigenvalue weighted by Crippen LogP contribution is 2.14. The highest BCUT2D eigenvalue weighted by atomic mass is 16.1. The lowest BCUT2D eigenvalue weighted by Crippen LogP contribution is -2.23. The van der Waals surface area contributed by atoms with Crippen molar-refractivity contribution < 1.29 is 4.79 Å². The summed E-state index contributed by atoms with van der Waals surface area (Å²) >= 11 is 0. The summed E-state index contributed by atoms with van der Waals surface area (Å²) in [5.74, 6) is 5.22. The number of nitrogens with one attached hydrogen (secondary N) is 2. The number of amides is 1. The summed E-state index contributed by atoms with van der Waals surface area (Å²) in [6.07, 6.45) is 3.43. The Morgan fingerprint density at radius 2 is 2.21 bits per heavy atom. The van der Waals surface area contributed by atoms with Gasteiger partial charge in [0, 0.05) is 30.2 Å². The quantitative estimate of drug-likeness (QED) is 0.573. The molecule has 98 valence electrons. The molecule has 0 aliphatic rings. The summed E-state index contributed by atoms with van der Waals surface area (Å²) in [6.45, 7) is 2.34. The van der Waals surface area contributed by atoms with Crippen LogP contribution in [-0.2, 0) is 6.54 Å². The highest BCUT2D eigenvalue weighted by molar-refractivity contribution is 5.96. The molecule has 0 unspecified atom stereocenters. The van der Waals surface area contributed by atoms with Gasteiger partial charge < -0.3 is 10.7 Å². The number of anilines is 1. The number of carbonyl (C=O) groups excluding carboxylic acids is 1. The Kier molecular flexibility index (Phi) is 4.10. The molecule has 5 heteroatoms. The minimum absolute atomic E-state index is 0.107. The molecule has 4 N–H and O–H groups in total. The van der Waals surface area contributed by atoms with Gasteiger partial charge in [-0.25, -0.2) is 0 Å². The molecular formula is C14H16N4O. The molecule has 1 amide bonds. The van der Waals surface area contributed by atoms with Crippen LogP contribution in [0.25, 0.3) is 0 Å². The fourth-order valence-electron chi connectivity index (χ4n) is 1.79. The molecule has 0 aliphatic carbocycles. The first-order chi connectivity index (χ1) is 9.20. The number of pyridine rings is 1. The number of nitrogen functional groups attached to an aromatic ring is 1.